The second-order valence-electron chi connectivity index (χ2n) is 6.44. The minimum absolute atomic E-state index is 0. The lowest BCUT2D eigenvalue weighted by molar-refractivity contribution is 0.0711. The monoisotopic (exact) mass is 411 g/mol. The van der Waals surface area contributed by atoms with E-state index in [1.165, 1.54) is 29.5 Å². The molecule has 2 N–H and O–H groups in total. The summed E-state index contributed by atoms with van der Waals surface area (Å²) >= 11 is 1.26. The first kappa shape index (κ1) is 21.3. The highest BCUT2D eigenvalue weighted by atomic mass is 35.5. The SMILES string of the molecule is CNC1CCN(C(=O)c2sc(NC(=O)c3cccc(F)c3)cc2C)CC1.Cl. The van der Waals surface area contributed by atoms with Crippen LogP contribution < -0.4 is 10.6 Å². The Labute approximate surface area is 168 Å². The van der Waals surface area contributed by atoms with Crippen LogP contribution in [0.15, 0.2) is 30.3 Å². The Kier molecular flexibility index (Phi) is 7.35. The molecule has 8 heteroatoms. The first-order valence-corrected chi connectivity index (χ1v) is 9.43. The number of aryl methyl sites for hydroxylation is 1. The van der Waals surface area contributed by atoms with Gasteiger partial charge in [-0.3, -0.25) is 9.59 Å². The molecule has 1 aromatic heterocycles. The van der Waals surface area contributed by atoms with Gasteiger partial charge in [-0.25, -0.2) is 4.39 Å². The number of thiophene rings is 1. The van der Waals surface area contributed by atoms with E-state index < -0.39 is 5.82 Å². The van der Waals surface area contributed by atoms with Crippen molar-refractivity contribution in [2.45, 2.75) is 25.8 Å². The molecule has 1 aliphatic heterocycles. The van der Waals surface area contributed by atoms with Crippen molar-refractivity contribution in [1.82, 2.24) is 10.2 Å². The van der Waals surface area contributed by atoms with Gasteiger partial charge in [0.05, 0.1) is 9.88 Å². The molecule has 2 heterocycles. The summed E-state index contributed by atoms with van der Waals surface area (Å²) in [5.74, 6) is -0.839. The fraction of sp³-hybridized carbons (Fsp3) is 0.368. The van der Waals surface area contributed by atoms with Gasteiger partial charge in [-0.2, -0.15) is 0 Å². The number of carbonyl (C=O) groups excluding carboxylic acids is 2. The molecular weight excluding hydrogens is 389 g/mol. The molecule has 1 aromatic carbocycles. The summed E-state index contributed by atoms with van der Waals surface area (Å²) in [6.07, 6.45) is 1.88. The van der Waals surface area contributed by atoms with Crippen molar-refractivity contribution in [3.8, 4) is 0 Å². The standard InChI is InChI=1S/C19H22FN3O2S.ClH/c1-12-10-16(22-18(24)13-4-3-5-14(20)11-13)26-17(12)19(25)23-8-6-15(21-2)7-9-23;/h3-5,10-11,15,21H,6-9H2,1-2H3,(H,22,24);1H. The van der Waals surface area contributed by atoms with Gasteiger partial charge in [0.2, 0.25) is 0 Å². The number of carbonyl (C=O) groups is 2. The van der Waals surface area contributed by atoms with Crippen LogP contribution in [-0.4, -0.2) is 42.9 Å². The summed E-state index contributed by atoms with van der Waals surface area (Å²) in [5.41, 5.74) is 1.09. The first-order valence-electron chi connectivity index (χ1n) is 8.62. The number of halogens is 2. The number of benzene rings is 1. The number of rotatable bonds is 4. The summed E-state index contributed by atoms with van der Waals surface area (Å²) in [7, 11) is 1.94. The van der Waals surface area contributed by atoms with E-state index in [1.54, 1.807) is 12.1 Å². The fourth-order valence-corrected chi connectivity index (χ4v) is 4.12. The van der Waals surface area contributed by atoms with E-state index >= 15 is 0 Å². The average Bonchev–Trinajstić information content (AvgIpc) is 3.01. The van der Waals surface area contributed by atoms with Crippen molar-refractivity contribution >= 4 is 40.6 Å². The molecule has 0 atom stereocenters. The number of anilines is 1. The lowest BCUT2D eigenvalue weighted by Crippen LogP contribution is -2.43. The van der Waals surface area contributed by atoms with Gasteiger partial charge in [-0.15, -0.1) is 23.7 Å². The van der Waals surface area contributed by atoms with Crippen LogP contribution in [0.25, 0.3) is 0 Å². The van der Waals surface area contributed by atoms with Crippen molar-refractivity contribution in [3.63, 3.8) is 0 Å². The minimum Gasteiger partial charge on any atom is -0.338 e. The number of likely N-dealkylation sites (tertiary alicyclic amines) is 1. The van der Waals surface area contributed by atoms with Crippen LogP contribution in [0.1, 0.15) is 38.4 Å². The van der Waals surface area contributed by atoms with Gasteiger partial charge >= 0.3 is 0 Å². The quantitative estimate of drug-likeness (QED) is 0.806. The molecule has 0 bridgehead atoms. The normalized spacial score (nSPS) is 14.6. The molecule has 0 spiro atoms. The van der Waals surface area contributed by atoms with Gasteiger partial charge in [0.25, 0.3) is 11.8 Å². The molecular formula is C19H23ClFN3O2S. The van der Waals surface area contributed by atoms with Crippen LogP contribution >= 0.6 is 23.7 Å². The Bertz CT molecular complexity index is 819. The summed E-state index contributed by atoms with van der Waals surface area (Å²) in [6.45, 7) is 3.32. The largest absolute Gasteiger partial charge is 0.338 e. The molecule has 27 heavy (non-hydrogen) atoms. The van der Waals surface area contributed by atoms with E-state index in [-0.39, 0.29) is 29.8 Å². The smallest absolute Gasteiger partial charge is 0.264 e. The van der Waals surface area contributed by atoms with Crippen LogP contribution in [0.5, 0.6) is 0 Å². The maximum absolute atomic E-state index is 13.3. The highest BCUT2D eigenvalue weighted by Gasteiger charge is 2.25. The lowest BCUT2D eigenvalue weighted by Gasteiger charge is -2.31. The Morgan fingerprint density at radius 2 is 1.93 bits per heavy atom. The van der Waals surface area contributed by atoms with Crippen molar-refractivity contribution in [2.75, 3.05) is 25.5 Å². The average molecular weight is 412 g/mol. The summed E-state index contributed by atoms with van der Waals surface area (Å²) in [6, 6.07) is 7.78. The Morgan fingerprint density at radius 1 is 1.22 bits per heavy atom. The van der Waals surface area contributed by atoms with Crippen LogP contribution in [0.3, 0.4) is 0 Å². The van der Waals surface area contributed by atoms with Crippen molar-refractivity contribution in [2.24, 2.45) is 0 Å². The Hall–Kier alpha value is -1.96. The van der Waals surface area contributed by atoms with Gasteiger partial charge in [-0.05, 0) is 56.6 Å². The van der Waals surface area contributed by atoms with Gasteiger partial charge < -0.3 is 15.5 Å². The highest BCUT2D eigenvalue weighted by molar-refractivity contribution is 7.18. The molecule has 1 fully saturated rings. The van der Waals surface area contributed by atoms with E-state index in [4.69, 9.17) is 0 Å². The van der Waals surface area contributed by atoms with E-state index in [9.17, 15) is 14.0 Å². The summed E-state index contributed by atoms with van der Waals surface area (Å²) < 4.78 is 13.3. The summed E-state index contributed by atoms with van der Waals surface area (Å²) in [4.78, 5) is 27.5. The van der Waals surface area contributed by atoms with Crippen molar-refractivity contribution in [1.29, 1.82) is 0 Å². The number of nitrogens with zero attached hydrogens (tertiary/aromatic N) is 1. The molecule has 0 unspecified atom stereocenters. The zero-order valence-electron chi connectivity index (χ0n) is 15.3. The summed E-state index contributed by atoms with van der Waals surface area (Å²) in [5, 5.41) is 6.59. The maximum atomic E-state index is 13.3. The maximum Gasteiger partial charge on any atom is 0.264 e. The predicted molar refractivity (Wildman–Crippen MR) is 109 cm³/mol. The molecule has 0 aliphatic carbocycles. The van der Waals surface area contributed by atoms with Crippen LogP contribution in [0.2, 0.25) is 0 Å². The molecule has 2 amide bonds. The van der Waals surface area contributed by atoms with Gasteiger partial charge in [-0.1, -0.05) is 6.07 Å². The first-order chi connectivity index (χ1) is 12.5. The van der Waals surface area contributed by atoms with E-state index in [0.29, 0.717) is 15.9 Å². The van der Waals surface area contributed by atoms with Gasteiger partial charge in [0.15, 0.2) is 0 Å². The number of nitrogens with one attached hydrogen (secondary N) is 2. The molecule has 5 nitrogen and oxygen atoms in total. The highest BCUT2D eigenvalue weighted by Crippen LogP contribution is 2.29. The molecule has 3 rings (SSSR count). The topological polar surface area (TPSA) is 61.4 Å². The zero-order chi connectivity index (χ0) is 18.7. The van der Waals surface area contributed by atoms with Crippen molar-refractivity contribution in [3.05, 3.63) is 52.2 Å². The molecule has 2 aromatic rings. The second-order valence-corrected chi connectivity index (χ2v) is 7.49. The van der Waals surface area contributed by atoms with Crippen LogP contribution in [0, 0.1) is 12.7 Å². The number of hydrogen-bond donors (Lipinski definition) is 2. The second kappa shape index (κ2) is 9.30. The van der Waals surface area contributed by atoms with Crippen LogP contribution in [0.4, 0.5) is 9.39 Å². The Balaban J connectivity index is 0.00000261. The molecule has 0 radical (unpaired) electrons. The van der Waals surface area contributed by atoms with E-state index in [0.717, 1.165) is 31.5 Å². The fourth-order valence-electron chi connectivity index (χ4n) is 3.08. The van der Waals surface area contributed by atoms with Gasteiger partial charge in [0, 0.05) is 24.7 Å². The van der Waals surface area contributed by atoms with Gasteiger partial charge in [0.1, 0.15) is 5.82 Å². The molecule has 1 aliphatic rings. The van der Waals surface area contributed by atoms with Crippen LogP contribution in [-0.2, 0) is 0 Å². The molecule has 0 saturated carbocycles. The third-order valence-electron chi connectivity index (χ3n) is 4.63. The molecule has 146 valence electrons. The molecule has 1 saturated heterocycles. The third kappa shape index (κ3) is 5.06. The number of piperidine rings is 1. The zero-order valence-corrected chi connectivity index (χ0v) is 16.9. The lowest BCUT2D eigenvalue weighted by atomic mass is 10.1. The number of hydrogen-bond acceptors (Lipinski definition) is 4. The van der Waals surface area contributed by atoms with E-state index in [1.807, 2.05) is 18.9 Å². The third-order valence-corrected chi connectivity index (χ3v) is 5.77. The predicted octanol–water partition coefficient (Wildman–Crippen LogP) is 3.69. The number of amides is 2. The Morgan fingerprint density at radius 3 is 2.56 bits per heavy atom. The van der Waals surface area contributed by atoms with Crippen molar-refractivity contribution < 1.29 is 14.0 Å². The minimum atomic E-state index is -0.458. The van der Waals surface area contributed by atoms with E-state index in [2.05, 4.69) is 10.6 Å².